The van der Waals surface area contributed by atoms with E-state index in [4.69, 9.17) is 10.2 Å². The standard InChI is InChI=1S/C19H23N5O2S/c1-22-12-16(13-3-4-21-17(20)9-13)18-15(19(22)25)10-14(26-18)11-23-5-7-24(27-2)8-6-23/h3-4,9-10,12H,5-8,11H2,1-2H3,(H2,20,21). The summed E-state index contributed by atoms with van der Waals surface area (Å²) in [6, 6.07) is 5.55. The zero-order valence-electron chi connectivity index (χ0n) is 15.5. The van der Waals surface area contributed by atoms with Gasteiger partial charge in [-0.1, -0.05) is 11.9 Å². The first kappa shape index (κ1) is 18.1. The highest BCUT2D eigenvalue weighted by Gasteiger charge is 2.20. The van der Waals surface area contributed by atoms with Gasteiger partial charge in [-0.25, -0.2) is 9.29 Å². The lowest BCUT2D eigenvalue weighted by Gasteiger charge is -2.32. The number of hydrogen-bond acceptors (Lipinski definition) is 7. The number of aryl methyl sites for hydroxylation is 1. The van der Waals surface area contributed by atoms with Crippen LogP contribution in [-0.2, 0) is 13.6 Å². The highest BCUT2D eigenvalue weighted by atomic mass is 32.2. The molecule has 3 aromatic heterocycles. The Balaban J connectivity index is 1.70. The SMILES string of the molecule is CSN1CCN(Cc2cc3c(=O)n(C)cc(-c4ccnc(N)c4)c3o2)CC1. The molecule has 3 aromatic rings. The molecule has 0 radical (unpaired) electrons. The van der Waals surface area contributed by atoms with Crippen LogP contribution in [-0.4, -0.2) is 51.2 Å². The third-order valence-electron chi connectivity index (χ3n) is 4.96. The van der Waals surface area contributed by atoms with Crippen molar-refractivity contribution in [1.29, 1.82) is 0 Å². The summed E-state index contributed by atoms with van der Waals surface area (Å²) in [4.78, 5) is 19.0. The smallest absolute Gasteiger partial charge is 0.261 e. The van der Waals surface area contributed by atoms with Gasteiger partial charge in [-0.2, -0.15) is 0 Å². The Morgan fingerprint density at radius 1 is 1.26 bits per heavy atom. The lowest BCUT2D eigenvalue weighted by atomic mass is 10.1. The van der Waals surface area contributed by atoms with Crippen molar-refractivity contribution < 1.29 is 4.42 Å². The van der Waals surface area contributed by atoms with Gasteiger partial charge in [0.25, 0.3) is 5.56 Å². The number of fused-ring (bicyclic) bond motifs is 1. The normalized spacial score (nSPS) is 16.2. The predicted octanol–water partition coefficient (Wildman–Crippen LogP) is 2.17. The highest BCUT2D eigenvalue weighted by molar-refractivity contribution is 7.96. The molecular weight excluding hydrogens is 362 g/mol. The molecule has 0 aromatic carbocycles. The van der Waals surface area contributed by atoms with Gasteiger partial charge in [0, 0.05) is 51.2 Å². The van der Waals surface area contributed by atoms with Crippen molar-refractivity contribution in [2.24, 2.45) is 7.05 Å². The Morgan fingerprint density at radius 2 is 2.04 bits per heavy atom. The third-order valence-corrected chi connectivity index (χ3v) is 5.84. The molecular formula is C19H23N5O2S. The molecule has 1 aliphatic rings. The van der Waals surface area contributed by atoms with Crippen LogP contribution in [0.1, 0.15) is 5.76 Å². The Labute approximate surface area is 161 Å². The van der Waals surface area contributed by atoms with Gasteiger partial charge < -0.3 is 14.7 Å². The van der Waals surface area contributed by atoms with Crippen molar-refractivity contribution in [3.8, 4) is 11.1 Å². The summed E-state index contributed by atoms with van der Waals surface area (Å²) in [5, 5.41) is 0.600. The molecule has 0 unspecified atom stereocenters. The van der Waals surface area contributed by atoms with Crippen LogP contribution >= 0.6 is 11.9 Å². The summed E-state index contributed by atoms with van der Waals surface area (Å²) >= 11 is 1.79. The zero-order valence-corrected chi connectivity index (χ0v) is 16.3. The molecule has 8 heteroatoms. The monoisotopic (exact) mass is 385 g/mol. The van der Waals surface area contributed by atoms with Crippen LogP contribution in [0.4, 0.5) is 5.82 Å². The van der Waals surface area contributed by atoms with Crippen LogP contribution in [0.3, 0.4) is 0 Å². The molecule has 7 nitrogen and oxygen atoms in total. The van der Waals surface area contributed by atoms with Gasteiger partial charge in [-0.15, -0.1) is 0 Å². The number of furan rings is 1. The molecule has 4 heterocycles. The van der Waals surface area contributed by atoms with Crippen molar-refractivity contribution in [2.45, 2.75) is 6.54 Å². The van der Waals surface area contributed by atoms with E-state index in [2.05, 4.69) is 20.4 Å². The van der Waals surface area contributed by atoms with E-state index in [0.717, 1.165) is 43.1 Å². The molecule has 0 atom stereocenters. The van der Waals surface area contributed by atoms with Crippen LogP contribution in [0.25, 0.3) is 22.1 Å². The summed E-state index contributed by atoms with van der Waals surface area (Å²) in [5.41, 5.74) is 8.13. The van der Waals surface area contributed by atoms with E-state index in [1.165, 1.54) is 0 Å². The van der Waals surface area contributed by atoms with E-state index < -0.39 is 0 Å². The summed E-state index contributed by atoms with van der Waals surface area (Å²) < 4.78 is 10.1. The number of rotatable bonds is 4. The second-order valence-electron chi connectivity index (χ2n) is 6.77. The molecule has 4 rings (SSSR count). The van der Waals surface area contributed by atoms with Crippen molar-refractivity contribution in [3.63, 3.8) is 0 Å². The minimum Gasteiger partial charge on any atom is -0.459 e. The predicted molar refractivity (Wildman–Crippen MR) is 109 cm³/mol. The molecule has 0 aliphatic carbocycles. The van der Waals surface area contributed by atoms with Crippen molar-refractivity contribution >= 4 is 28.7 Å². The fourth-order valence-electron chi connectivity index (χ4n) is 3.49. The van der Waals surface area contributed by atoms with Gasteiger partial charge in [-0.3, -0.25) is 9.69 Å². The molecule has 27 heavy (non-hydrogen) atoms. The van der Waals surface area contributed by atoms with Gasteiger partial charge in [-0.05, 0) is 30.0 Å². The van der Waals surface area contributed by atoms with Crippen LogP contribution < -0.4 is 11.3 Å². The number of piperazine rings is 1. The van der Waals surface area contributed by atoms with Crippen LogP contribution in [0.2, 0.25) is 0 Å². The molecule has 0 spiro atoms. The lowest BCUT2D eigenvalue weighted by molar-refractivity contribution is 0.179. The maximum Gasteiger partial charge on any atom is 0.261 e. The highest BCUT2D eigenvalue weighted by Crippen LogP contribution is 2.30. The van der Waals surface area contributed by atoms with Gasteiger partial charge in [0.1, 0.15) is 17.2 Å². The summed E-state index contributed by atoms with van der Waals surface area (Å²) in [6.45, 7) is 4.75. The molecule has 0 amide bonds. The van der Waals surface area contributed by atoms with Crippen molar-refractivity contribution in [2.75, 3.05) is 38.2 Å². The van der Waals surface area contributed by atoms with E-state index in [1.54, 1.807) is 42.0 Å². The Hall–Kier alpha value is -2.29. The minimum atomic E-state index is -0.0574. The van der Waals surface area contributed by atoms with E-state index in [-0.39, 0.29) is 5.56 Å². The molecule has 1 saturated heterocycles. The largest absolute Gasteiger partial charge is 0.459 e. The summed E-state index contributed by atoms with van der Waals surface area (Å²) in [5.74, 6) is 1.25. The average molecular weight is 385 g/mol. The van der Waals surface area contributed by atoms with Gasteiger partial charge in [0.15, 0.2) is 0 Å². The molecule has 0 bridgehead atoms. The molecule has 0 saturated carbocycles. The van der Waals surface area contributed by atoms with Crippen LogP contribution in [0.5, 0.6) is 0 Å². The second kappa shape index (κ2) is 7.38. The van der Waals surface area contributed by atoms with E-state index in [1.807, 2.05) is 12.1 Å². The zero-order chi connectivity index (χ0) is 19.0. The van der Waals surface area contributed by atoms with E-state index in [9.17, 15) is 4.79 Å². The Kier molecular flexibility index (Phi) is 4.94. The Morgan fingerprint density at radius 3 is 2.74 bits per heavy atom. The molecule has 142 valence electrons. The minimum absolute atomic E-state index is 0.0574. The van der Waals surface area contributed by atoms with Gasteiger partial charge >= 0.3 is 0 Å². The second-order valence-corrected chi connectivity index (χ2v) is 7.65. The van der Waals surface area contributed by atoms with Crippen molar-refractivity contribution in [3.05, 3.63) is 46.7 Å². The average Bonchev–Trinajstić information content (AvgIpc) is 3.09. The fourth-order valence-corrected chi connectivity index (χ4v) is 4.02. The first-order valence-electron chi connectivity index (χ1n) is 8.90. The van der Waals surface area contributed by atoms with E-state index >= 15 is 0 Å². The number of anilines is 1. The molecule has 1 aliphatic heterocycles. The molecule has 1 fully saturated rings. The number of nitrogens with zero attached hydrogens (tertiary/aromatic N) is 4. The fraction of sp³-hybridized carbons (Fsp3) is 0.368. The van der Waals surface area contributed by atoms with E-state index in [0.29, 0.717) is 23.3 Å². The quantitative estimate of drug-likeness (QED) is 0.690. The number of aromatic nitrogens is 2. The number of hydrogen-bond donors (Lipinski definition) is 1. The number of pyridine rings is 2. The topological polar surface area (TPSA) is 80.5 Å². The van der Waals surface area contributed by atoms with Crippen LogP contribution in [0.15, 0.2) is 39.8 Å². The third kappa shape index (κ3) is 3.60. The summed E-state index contributed by atoms with van der Waals surface area (Å²) in [6.07, 6.45) is 5.57. The number of nitrogens with two attached hydrogens (primary N) is 1. The number of nitrogen functional groups attached to an aromatic ring is 1. The van der Waals surface area contributed by atoms with Crippen LogP contribution in [0, 0.1) is 0 Å². The lowest BCUT2D eigenvalue weighted by Crippen LogP contribution is -2.42. The maximum atomic E-state index is 12.6. The maximum absolute atomic E-state index is 12.6. The Bertz CT molecular complexity index is 1020. The summed E-state index contributed by atoms with van der Waals surface area (Å²) in [7, 11) is 1.75. The van der Waals surface area contributed by atoms with Crippen molar-refractivity contribution in [1.82, 2.24) is 18.8 Å². The first-order chi connectivity index (χ1) is 13.0. The molecule has 2 N–H and O–H groups in total. The first-order valence-corrected chi connectivity index (χ1v) is 10.1. The van der Waals surface area contributed by atoms with Gasteiger partial charge in [0.05, 0.1) is 11.9 Å². The van der Waals surface area contributed by atoms with Gasteiger partial charge in [0.2, 0.25) is 0 Å².